The topological polar surface area (TPSA) is 125 Å². The predicted molar refractivity (Wildman–Crippen MR) is 153 cm³/mol. The Bertz CT molecular complexity index is 1670. The van der Waals surface area contributed by atoms with Crippen LogP contribution < -0.4 is 11.1 Å². The Balaban J connectivity index is 1.41. The summed E-state index contributed by atoms with van der Waals surface area (Å²) in [5.74, 6) is -1.03. The molecule has 1 aromatic heterocycles. The highest BCUT2D eigenvalue weighted by molar-refractivity contribution is 7.89. The van der Waals surface area contributed by atoms with Crippen LogP contribution in [0.3, 0.4) is 0 Å². The molecule has 1 aliphatic rings. The molecule has 4 N–H and O–H groups in total. The van der Waals surface area contributed by atoms with Gasteiger partial charge in [-0.1, -0.05) is 18.2 Å². The molecule has 1 saturated heterocycles. The van der Waals surface area contributed by atoms with Crippen molar-refractivity contribution in [3.63, 3.8) is 0 Å². The normalized spacial score (nSPS) is 14.8. The first-order valence-electron chi connectivity index (χ1n) is 13.2. The zero-order valence-electron chi connectivity index (χ0n) is 22.1. The van der Waals surface area contributed by atoms with E-state index in [1.165, 1.54) is 24.3 Å². The van der Waals surface area contributed by atoms with E-state index in [-0.39, 0.29) is 24.1 Å². The molecule has 8 nitrogen and oxygen atoms in total. The van der Waals surface area contributed by atoms with E-state index >= 15 is 0 Å². The molecule has 0 spiro atoms. The molecule has 0 saturated carbocycles. The van der Waals surface area contributed by atoms with Gasteiger partial charge in [0.25, 0.3) is 11.8 Å². The lowest BCUT2D eigenvalue weighted by atomic mass is 9.88. The largest absolute Gasteiger partial charge is 0.366 e. The molecular formula is C30H31FN4O4S. The molecule has 2 heterocycles. The van der Waals surface area contributed by atoms with Gasteiger partial charge in [-0.05, 0) is 90.4 Å². The number of nitrogens with zero attached hydrogens (tertiary/aromatic N) is 1. The van der Waals surface area contributed by atoms with Crippen molar-refractivity contribution in [2.75, 3.05) is 18.8 Å². The van der Waals surface area contributed by atoms with Gasteiger partial charge in [-0.3, -0.25) is 9.59 Å². The van der Waals surface area contributed by atoms with Crippen molar-refractivity contribution < 1.29 is 22.4 Å². The number of primary amides is 1. The van der Waals surface area contributed by atoms with Gasteiger partial charge in [-0.15, -0.1) is 0 Å². The molecule has 0 atom stereocenters. The quantitative estimate of drug-likeness (QED) is 0.292. The number of sulfonamides is 1. The highest BCUT2D eigenvalue weighted by Crippen LogP contribution is 2.37. The fraction of sp³-hybridized carbons (Fsp3) is 0.267. The number of H-pyrrole nitrogens is 1. The Morgan fingerprint density at radius 3 is 2.45 bits per heavy atom. The molecule has 5 rings (SSSR count). The van der Waals surface area contributed by atoms with Crippen LogP contribution in [0.4, 0.5) is 4.39 Å². The van der Waals surface area contributed by atoms with Gasteiger partial charge in [0.05, 0.1) is 16.8 Å². The van der Waals surface area contributed by atoms with Crippen molar-refractivity contribution in [1.82, 2.24) is 14.6 Å². The third-order valence-electron chi connectivity index (χ3n) is 7.56. The molecule has 2 amide bonds. The second-order valence-corrected chi connectivity index (χ2v) is 12.3. The average molecular weight is 563 g/mol. The molecule has 0 unspecified atom stereocenters. The Kier molecular flexibility index (Phi) is 7.73. The number of hydrogen-bond donors (Lipinski definition) is 3. The van der Waals surface area contributed by atoms with Gasteiger partial charge in [0.2, 0.25) is 10.0 Å². The van der Waals surface area contributed by atoms with Crippen LogP contribution in [-0.2, 0) is 16.6 Å². The van der Waals surface area contributed by atoms with Crippen LogP contribution >= 0.6 is 0 Å². The third-order valence-corrected chi connectivity index (χ3v) is 9.44. The summed E-state index contributed by atoms with van der Waals surface area (Å²) in [5.41, 5.74) is 10.7. The van der Waals surface area contributed by atoms with Crippen molar-refractivity contribution in [1.29, 1.82) is 0 Å². The number of amides is 2. The number of hydrogen-bond acceptors (Lipinski definition) is 4. The van der Waals surface area contributed by atoms with Gasteiger partial charge in [0.15, 0.2) is 0 Å². The van der Waals surface area contributed by atoms with E-state index in [0.717, 1.165) is 27.6 Å². The van der Waals surface area contributed by atoms with Gasteiger partial charge in [-0.2, -0.15) is 0 Å². The molecule has 10 heteroatoms. The number of carbonyl (C=O) groups is 2. The third kappa shape index (κ3) is 5.64. The number of carbonyl (C=O) groups excluding carboxylic acids is 2. The maximum absolute atomic E-state index is 13.2. The number of halogens is 1. The van der Waals surface area contributed by atoms with E-state index in [2.05, 4.69) is 10.3 Å². The number of benzene rings is 3. The van der Waals surface area contributed by atoms with Crippen LogP contribution in [0, 0.1) is 5.82 Å². The van der Waals surface area contributed by atoms with Crippen LogP contribution in [0.25, 0.3) is 22.0 Å². The minimum absolute atomic E-state index is 0.0884. The van der Waals surface area contributed by atoms with Crippen molar-refractivity contribution >= 4 is 32.7 Å². The fourth-order valence-electron chi connectivity index (χ4n) is 5.33. The number of fused-ring (bicyclic) bond motifs is 1. The number of nitrogens with one attached hydrogen (secondary N) is 2. The zero-order valence-corrected chi connectivity index (χ0v) is 22.9. The summed E-state index contributed by atoms with van der Waals surface area (Å²) in [6, 6.07) is 16.8. The van der Waals surface area contributed by atoms with E-state index in [0.29, 0.717) is 42.6 Å². The number of aromatic amines is 1. The summed E-state index contributed by atoms with van der Waals surface area (Å²) in [6.07, 6.45) is 3.27. The number of rotatable bonds is 8. The lowest BCUT2D eigenvalue weighted by Crippen LogP contribution is -2.38. The fourth-order valence-corrected chi connectivity index (χ4v) is 6.46. The molecule has 0 aliphatic carbocycles. The minimum Gasteiger partial charge on any atom is -0.366 e. The van der Waals surface area contributed by atoms with Gasteiger partial charge >= 0.3 is 0 Å². The molecule has 40 heavy (non-hydrogen) atoms. The van der Waals surface area contributed by atoms with Crippen molar-refractivity contribution in [3.8, 4) is 11.1 Å². The Morgan fingerprint density at radius 2 is 1.77 bits per heavy atom. The standard InChI is InChI=1S/C30H31FN4O4S/c1-2-40(38,39)35-12-10-20(11-13-35)27-18-33-28-25(27)15-23(16-26(28)29(32)36)22-5-3-4-19(14-22)17-34-30(37)21-6-8-24(31)9-7-21/h3-9,14-16,18,20,33H,2,10-13,17H2,1H3,(H2,32,36)(H,34,37). The predicted octanol–water partition coefficient (Wildman–Crippen LogP) is 4.53. The minimum atomic E-state index is -3.23. The molecule has 1 aliphatic heterocycles. The second-order valence-electron chi connectivity index (χ2n) is 10.0. The maximum atomic E-state index is 13.2. The molecule has 3 aromatic carbocycles. The zero-order chi connectivity index (χ0) is 28.4. The summed E-state index contributed by atoms with van der Waals surface area (Å²) >= 11 is 0. The average Bonchev–Trinajstić information content (AvgIpc) is 3.40. The highest BCUT2D eigenvalue weighted by atomic mass is 32.2. The van der Waals surface area contributed by atoms with Gasteiger partial charge in [-0.25, -0.2) is 17.1 Å². The molecule has 0 bridgehead atoms. The van der Waals surface area contributed by atoms with Crippen LogP contribution in [0.2, 0.25) is 0 Å². The SMILES string of the molecule is CCS(=O)(=O)N1CCC(c2c[nH]c3c(C(N)=O)cc(-c4cccc(CNC(=O)c5ccc(F)cc5)c4)cc23)CC1. The second kappa shape index (κ2) is 11.2. The van der Waals surface area contributed by atoms with Crippen LogP contribution in [0.1, 0.15) is 57.5 Å². The van der Waals surface area contributed by atoms with E-state index in [4.69, 9.17) is 5.73 Å². The lowest BCUT2D eigenvalue weighted by molar-refractivity contribution is 0.0949. The Morgan fingerprint density at radius 1 is 1.05 bits per heavy atom. The first-order valence-corrected chi connectivity index (χ1v) is 14.8. The van der Waals surface area contributed by atoms with Crippen molar-refractivity contribution in [2.45, 2.75) is 32.2 Å². The van der Waals surface area contributed by atoms with Crippen LogP contribution in [0.5, 0.6) is 0 Å². The Labute approximate surface area is 232 Å². The summed E-state index contributed by atoms with van der Waals surface area (Å²) in [6.45, 7) is 2.84. The van der Waals surface area contributed by atoms with E-state index < -0.39 is 21.7 Å². The van der Waals surface area contributed by atoms with Crippen molar-refractivity contribution in [2.24, 2.45) is 5.73 Å². The van der Waals surface area contributed by atoms with E-state index in [1.807, 2.05) is 36.5 Å². The molecule has 4 aromatic rings. The highest BCUT2D eigenvalue weighted by Gasteiger charge is 2.29. The maximum Gasteiger partial charge on any atom is 0.251 e. The Hall–Kier alpha value is -4.02. The molecule has 0 radical (unpaired) electrons. The molecule has 208 valence electrons. The lowest BCUT2D eigenvalue weighted by Gasteiger charge is -2.31. The van der Waals surface area contributed by atoms with Crippen LogP contribution in [-0.4, -0.2) is 48.4 Å². The monoisotopic (exact) mass is 562 g/mol. The first-order chi connectivity index (χ1) is 19.2. The summed E-state index contributed by atoms with van der Waals surface area (Å²) in [7, 11) is -3.23. The smallest absolute Gasteiger partial charge is 0.251 e. The van der Waals surface area contributed by atoms with Gasteiger partial charge < -0.3 is 16.0 Å². The van der Waals surface area contributed by atoms with Crippen LogP contribution in [0.15, 0.2) is 66.9 Å². The molecule has 1 fully saturated rings. The van der Waals surface area contributed by atoms with E-state index in [9.17, 15) is 22.4 Å². The first kappa shape index (κ1) is 27.5. The molecular weight excluding hydrogens is 531 g/mol. The van der Waals surface area contributed by atoms with E-state index in [1.54, 1.807) is 17.3 Å². The van der Waals surface area contributed by atoms with Gasteiger partial charge in [0, 0.05) is 36.8 Å². The number of nitrogens with two attached hydrogens (primary N) is 1. The summed E-state index contributed by atoms with van der Waals surface area (Å²) < 4.78 is 39.3. The number of piperidine rings is 1. The van der Waals surface area contributed by atoms with Crippen molar-refractivity contribution in [3.05, 3.63) is 94.9 Å². The number of aromatic nitrogens is 1. The van der Waals surface area contributed by atoms with Gasteiger partial charge in [0.1, 0.15) is 5.82 Å². The summed E-state index contributed by atoms with van der Waals surface area (Å²) in [5, 5.41) is 3.74. The summed E-state index contributed by atoms with van der Waals surface area (Å²) in [4.78, 5) is 28.1.